The Hall–Kier alpha value is -0.850. The van der Waals surface area contributed by atoms with Crippen LogP contribution < -0.4 is 0 Å². The molecule has 190 valence electrons. The van der Waals surface area contributed by atoms with Crippen molar-refractivity contribution < 1.29 is 17.8 Å². The molecule has 4 nitrogen and oxygen atoms in total. The van der Waals surface area contributed by atoms with Crippen LogP contribution in [0.2, 0.25) is 0 Å². The topological polar surface area (TPSA) is 74.3 Å². The fourth-order valence-electron chi connectivity index (χ4n) is 7.21. The summed E-state index contributed by atoms with van der Waals surface area (Å²) in [7, 11) is -3.95. The van der Waals surface area contributed by atoms with Crippen molar-refractivity contribution in [1.29, 1.82) is 0 Å². The van der Waals surface area contributed by atoms with E-state index in [0.29, 0.717) is 23.7 Å². The van der Waals surface area contributed by atoms with Gasteiger partial charge in [0.25, 0.3) is 0 Å². The minimum Gasteiger partial charge on any atom is -0.747 e. The fourth-order valence-corrected chi connectivity index (χ4v) is 12.1. The number of hydrogen-bond acceptors (Lipinski definition) is 4. The van der Waals surface area contributed by atoms with Crippen LogP contribution in [0.5, 0.6) is 0 Å². The van der Waals surface area contributed by atoms with Gasteiger partial charge in [0, 0.05) is 16.3 Å². The van der Waals surface area contributed by atoms with E-state index in [0.717, 1.165) is 10.5 Å². The van der Waals surface area contributed by atoms with E-state index < -0.39 is 20.8 Å². The highest BCUT2D eigenvalue weighted by Gasteiger charge is 2.67. The number of carbonyl (C=O) groups is 1. The highest BCUT2D eigenvalue weighted by Crippen LogP contribution is 2.64. The largest absolute Gasteiger partial charge is 0.747 e. The van der Waals surface area contributed by atoms with Gasteiger partial charge in [-0.3, -0.25) is 4.79 Å². The molecule has 2 bridgehead atoms. The molecule has 3 atom stereocenters. The third-order valence-corrected chi connectivity index (χ3v) is 14.0. The van der Waals surface area contributed by atoms with Gasteiger partial charge in [-0.15, -0.1) is 0 Å². The summed E-state index contributed by atoms with van der Waals surface area (Å²) in [6, 6.07) is 11.5. The van der Waals surface area contributed by atoms with E-state index >= 15 is 0 Å². The number of carbonyl (C=O) groups excluding carboxylic acids is 1. The van der Waals surface area contributed by atoms with E-state index in [2.05, 4.69) is 30.3 Å². The predicted octanol–water partition coefficient (Wildman–Crippen LogP) is 6.25. The molecule has 0 radical (unpaired) electrons. The summed E-state index contributed by atoms with van der Waals surface area (Å²) < 4.78 is 33.3. The molecule has 0 heterocycles. The average Bonchev–Trinajstić information content (AvgIpc) is 3.14. The van der Waals surface area contributed by atoms with Crippen molar-refractivity contribution in [2.75, 3.05) is 0 Å². The molecule has 4 aliphatic carbocycles. The van der Waals surface area contributed by atoms with Crippen LogP contribution in [0.4, 0.5) is 0 Å². The van der Waals surface area contributed by atoms with Crippen LogP contribution in [0.3, 0.4) is 0 Å². The molecule has 6 heteroatoms. The third kappa shape index (κ3) is 4.88. The summed E-state index contributed by atoms with van der Waals surface area (Å²) in [5, 5.41) is 0.699. The van der Waals surface area contributed by atoms with Crippen molar-refractivity contribution in [1.82, 2.24) is 0 Å². The minimum atomic E-state index is -4.49. The maximum Gasteiger partial charge on any atom is 0.156 e. The lowest BCUT2D eigenvalue weighted by Gasteiger charge is -2.32. The monoisotopic (exact) mass is 506 g/mol. The molecule has 34 heavy (non-hydrogen) atoms. The number of hydrogen-bond donors (Lipinski definition) is 0. The first-order valence-corrected chi connectivity index (χ1v) is 16.2. The molecule has 1 aromatic rings. The molecule has 3 unspecified atom stereocenters. The van der Waals surface area contributed by atoms with E-state index in [1.54, 1.807) is 11.8 Å². The van der Waals surface area contributed by atoms with Gasteiger partial charge in [0.1, 0.15) is 25.9 Å². The summed E-state index contributed by atoms with van der Waals surface area (Å²) in [5.74, 6) is -0.656. The average molecular weight is 507 g/mol. The SMILES string of the molecule is CC12CCC(C(S(=O)(=O)[O-])C1=O)C2(C)C.c1ccc([S+](C2CCCCC2)C2CCCCC2)cc1. The summed E-state index contributed by atoms with van der Waals surface area (Å²) >= 11 is 0. The van der Waals surface area contributed by atoms with Crippen LogP contribution in [0, 0.1) is 16.7 Å². The Balaban J connectivity index is 0.000000166. The molecule has 5 rings (SSSR count). The van der Waals surface area contributed by atoms with Crippen LogP contribution in [0.1, 0.15) is 97.8 Å². The van der Waals surface area contributed by atoms with Gasteiger partial charge >= 0.3 is 0 Å². The van der Waals surface area contributed by atoms with Gasteiger partial charge in [-0.1, -0.05) is 51.8 Å². The van der Waals surface area contributed by atoms with Crippen LogP contribution in [-0.2, 0) is 25.8 Å². The molecule has 0 spiro atoms. The smallest absolute Gasteiger partial charge is 0.156 e. The molecular weight excluding hydrogens is 464 g/mol. The third-order valence-electron chi connectivity index (χ3n) is 9.62. The molecule has 0 saturated heterocycles. The zero-order valence-electron chi connectivity index (χ0n) is 21.1. The lowest BCUT2D eigenvalue weighted by molar-refractivity contribution is -0.128. The van der Waals surface area contributed by atoms with Crippen molar-refractivity contribution >= 4 is 26.8 Å². The van der Waals surface area contributed by atoms with Gasteiger partial charge in [-0.05, 0) is 87.7 Å². The maximum absolute atomic E-state index is 12.0. The summed E-state index contributed by atoms with van der Waals surface area (Å²) in [4.78, 5) is 13.6. The molecule has 0 N–H and O–H groups in total. The minimum absolute atomic E-state index is 0.294. The van der Waals surface area contributed by atoms with Gasteiger partial charge in [-0.2, -0.15) is 0 Å². The first-order chi connectivity index (χ1) is 16.1. The van der Waals surface area contributed by atoms with E-state index in [-0.39, 0.29) is 17.1 Å². The first-order valence-electron chi connectivity index (χ1n) is 13.3. The number of Topliss-reactive ketones (excluding diaryl/α,β-unsaturated/α-hetero) is 1. The summed E-state index contributed by atoms with van der Waals surface area (Å²) in [6.45, 7) is 5.59. The summed E-state index contributed by atoms with van der Waals surface area (Å²) in [6.07, 6.45) is 16.2. The normalized spacial score (nSPS) is 32.0. The molecule has 0 aromatic heterocycles. The van der Waals surface area contributed by atoms with E-state index in [9.17, 15) is 17.8 Å². The molecule has 0 amide bonds. The Labute approximate surface area is 209 Å². The van der Waals surface area contributed by atoms with Crippen molar-refractivity contribution in [2.45, 2.75) is 118 Å². The molecule has 0 aliphatic heterocycles. The Kier molecular flexibility index (Phi) is 7.91. The van der Waals surface area contributed by atoms with Crippen LogP contribution in [0.15, 0.2) is 35.2 Å². The van der Waals surface area contributed by atoms with Gasteiger partial charge in [-0.25, -0.2) is 8.42 Å². The second-order valence-corrected chi connectivity index (χ2v) is 15.7. The highest BCUT2D eigenvalue weighted by atomic mass is 32.2. The number of fused-ring (bicyclic) bond motifs is 2. The van der Waals surface area contributed by atoms with Gasteiger partial charge in [0.15, 0.2) is 10.7 Å². The fraction of sp³-hybridized carbons (Fsp3) is 0.750. The lowest BCUT2D eigenvalue weighted by Crippen LogP contribution is -2.38. The second-order valence-electron chi connectivity index (χ2n) is 11.7. The number of ketones is 1. The lowest BCUT2D eigenvalue weighted by atomic mass is 9.70. The molecule has 4 fully saturated rings. The zero-order chi connectivity index (χ0) is 24.6. The quantitative estimate of drug-likeness (QED) is 0.357. The first kappa shape index (κ1) is 26.2. The van der Waals surface area contributed by atoms with Crippen molar-refractivity contribution in [2.24, 2.45) is 16.7 Å². The molecule has 4 saturated carbocycles. The molecular formula is C28H42O4S2. The predicted molar refractivity (Wildman–Crippen MR) is 139 cm³/mol. The number of benzene rings is 1. The van der Waals surface area contributed by atoms with Crippen molar-refractivity contribution in [3.63, 3.8) is 0 Å². The Bertz CT molecular complexity index is 928. The van der Waals surface area contributed by atoms with Crippen molar-refractivity contribution in [3.8, 4) is 0 Å². The van der Waals surface area contributed by atoms with Crippen LogP contribution in [-0.4, -0.2) is 34.5 Å². The zero-order valence-corrected chi connectivity index (χ0v) is 22.8. The van der Waals surface area contributed by atoms with E-state index in [1.807, 2.05) is 13.8 Å². The van der Waals surface area contributed by atoms with Crippen LogP contribution in [0.25, 0.3) is 0 Å². The number of rotatable bonds is 4. The van der Waals surface area contributed by atoms with Crippen molar-refractivity contribution in [3.05, 3.63) is 30.3 Å². The Morgan fingerprint density at radius 1 is 0.824 bits per heavy atom. The molecule has 4 aliphatic rings. The Morgan fingerprint density at radius 2 is 1.32 bits per heavy atom. The van der Waals surface area contributed by atoms with Gasteiger partial charge in [0.05, 0.1) is 0 Å². The summed E-state index contributed by atoms with van der Waals surface area (Å²) in [5.41, 5.74) is -0.994. The Morgan fingerprint density at radius 3 is 1.71 bits per heavy atom. The molecule has 1 aromatic carbocycles. The van der Waals surface area contributed by atoms with E-state index in [4.69, 9.17) is 0 Å². The standard InChI is InChI=1S/C18H27S.C10H16O4S/c1-4-10-16(11-5-1)19(17-12-6-2-7-13-17)18-14-8-3-9-15-18;1-9(2)6-4-5-10(9,3)8(11)7(6)15(12,13)14/h1,4-5,10-11,17-18H,2-3,6-9,12-15H2;6-7H,4-5H2,1-3H3,(H,12,13,14)/q+1;/p-1. The van der Waals surface area contributed by atoms with Gasteiger partial charge < -0.3 is 4.55 Å². The van der Waals surface area contributed by atoms with E-state index in [1.165, 1.54) is 64.2 Å². The van der Waals surface area contributed by atoms with Crippen LogP contribution >= 0.6 is 0 Å². The van der Waals surface area contributed by atoms with Gasteiger partial charge in [0.2, 0.25) is 0 Å². The second kappa shape index (κ2) is 10.3. The maximum atomic E-state index is 12.0. The highest BCUT2D eigenvalue weighted by molar-refractivity contribution is 7.98.